The molecule has 2 aromatic rings. The lowest BCUT2D eigenvalue weighted by atomic mass is 10.2. The second-order valence-electron chi connectivity index (χ2n) is 3.87. The number of phenolic OH excluding ortho intramolecular Hbond substituents is 1. The topological polar surface area (TPSA) is 49.3 Å². The smallest absolute Gasteiger partial charge is 0.255 e. The number of halogens is 4. The van der Waals surface area contributed by atoms with Crippen molar-refractivity contribution in [1.29, 1.82) is 0 Å². The molecule has 0 saturated carbocycles. The molecule has 0 saturated heterocycles. The van der Waals surface area contributed by atoms with Crippen molar-refractivity contribution in [3.8, 4) is 5.75 Å². The van der Waals surface area contributed by atoms with Gasteiger partial charge in [-0.2, -0.15) is 0 Å². The Bertz CT molecular complexity index is 668. The molecule has 2 rings (SSSR count). The standard InChI is InChI=1S/C13H7ClF3NO2/c14-8-5-7(19)1-2-11(8)18-13(20)6-3-9(15)12(17)10(16)4-6/h1-5,19H,(H,18,20). The summed E-state index contributed by atoms with van der Waals surface area (Å²) in [6.45, 7) is 0. The normalized spacial score (nSPS) is 10.4. The molecule has 0 aromatic heterocycles. The summed E-state index contributed by atoms with van der Waals surface area (Å²) in [5.74, 6) is -5.55. The molecule has 7 heteroatoms. The van der Waals surface area contributed by atoms with E-state index in [4.69, 9.17) is 16.7 Å². The summed E-state index contributed by atoms with van der Waals surface area (Å²) in [6.07, 6.45) is 0. The molecule has 0 bridgehead atoms. The lowest BCUT2D eigenvalue weighted by Crippen LogP contribution is -2.13. The van der Waals surface area contributed by atoms with Crippen molar-refractivity contribution in [3.63, 3.8) is 0 Å². The number of benzene rings is 2. The van der Waals surface area contributed by atoms with E-state index in [1.54, 1.807) is 0 Å². The van der Waals surface area contributed by atoms with Crippen LogP contribution in [0, 0.1) is 17.5 Å². The highest BCUT2D eigenvalue weighted by atomic mass is 35.5. The Balaban J connectivity index is 2.28. The van der Waals surface area contributed by atoms with Crippen LogP contribution in [0.2, 0.25) is 5.02 Å². The van der Waals surface area contributed by atoms with E-state index in [1.807, 2.05) is 0 Å². The van der Waals surface area contributed by atoms with Gasteiger partial charge in [0.05, 0.1) is 10.7 Å². The van der Waals surface area contributed by atoms with Crippen molar-refractivity contribution >= 4 is 23.2 Å². The Morgan fingerprint density at radius 2 is 1.70 bits per heavy atom. The third-order valence-corrected chi connectivity index (χ3v) is 2.76. The Hall–Kier alpha value is -2.21. The molecule has 0 aliphatic heterocycles. The molecule has 2 N–H and O–H groups in total. The highest BCUT2D eigenvalue weighted by Gasteiger charge is 2.16. The number of carbonyl (C=O) groups is 1. The van der Waals surface area contributed by atoms with Crippen LogP contribution in [-0.4, -0.2) is 11.0 Å². The van der Waals surface area contributed by atoms with Crippen LogP contribution in [0.5, 0.6) is 5.75 Å². The minimum atomic E-state index is -1.65. The predicted octanol–water partition coefficient (Wildman–Crippen LogP) is 3.72. The number of carbonyl (C=O) groups excluding carboxylic acids is 1. The van der Waals surface area contributed by atoms with Crippen LogP contribution >= 0.6 is 11.6 Å². The van der Waals surface area contributed by atoms with E-state index in [2.05, 4.69) is 5.32 Å². The second kappa shape index (κ2) is 5.42. The first-order valence-electron chi connectivity index (χ1n) is 5.33. The molecule has 0 atom stereocenters. The molecule has 2 aromatic carbocycles. The molecule has 0 fully saturated rings. The van der Waals surface area contributed by atoms with Crippen LogP contribution < -0.4 is 5.32 Å². The summed E-state index contributed by atoms with van der Waals surface area (Å²) in [6, 6.07) is 4.91. The number of rotatable bonds is 2. The number of phenols is 1. The fraction of sp³-hybridized carbons (Fsp3) is 0. The van der Waals surface area contributed by atoms with Crippen molar-refractivity contribution in [2.75, 3.05) is 5.32 Å². The van der Waals surface area contributed by atoms with Crippen LogP contribution in [0.1, 0.15) is 10.4 Å². The molecule has 0 heterocycles. The third-order valence-electron chi connectivity index (χ3n) is 2.45. The fourth-order valence-corrected chi connectivity index (χ4v) is 1.71. The molecule has 104 valence electrons. The van der Waals surface area contributed by atoms with Crippen LogP contribution in [0.4, 0.5) is 18.9 Å². The number of amides is 1. The van der Waals surface area contributed by atoms with Gasteiger partial charge in [-0.1, -0.05) is 11.6 Å². The Kier molecular flexibility index (Phi) is 3.85. The molecular formula is C13H7ClF3NO2. The summed E-state index contributed by atoms with van der Waals surface area (Å²) in [7, 11) is 0. The summed E-state index contributed by atoms with van der Waals surface area (Å²) in [4.78, 5) is 11.8. The highest BCUT2D eigenvalue weighted by molar-refractivity contribution is 6.34. The first-order valence-corrected chi connectivity index (χ1v) is 5.70. The maximum Gasteiger partial charge on any atom is 0.255 e. The highest BCUT2D eigenvalue weighted by Crippen LogP contribution is 2.26. The van der Waals surface area contributed by atoms with Crippen molar-refractivity contribution in [1.82, 2.24) is 0 Å². The molecule has 0 radical (unpaired) electrons. The maximum atomic E-state index is 13.0. The Morgan fingerprint density at radius 1 is 1.10 bits per heavy atom. The van der Waals surface area contributed by atoms with Crippen LogP contribution in [0.25, 0.3) is 0 Å². The van der Waals surface area contributed by atoms with E-state index in [0.717, 1.165) is 0 Å². The summed E-state index contributed by atoms with van der Waals surface area (Å²) in [5.41, 5.74) is -0.259. The van der Waals surface area contributed by atoms with Gasteiger partial charge in [0.25, 0.3) is 5.91 Å². The van der Waals surface area contributed by atoms with Crippen LogP contribution in [0.15, 0.2) is 30.3 Å². The molecule has 20 heavy (non-hydrogen) atoms. The largest absolute Gasteiger partial charge is 0.508 e. The van der Waals surface area contributed by atoms with Gasteiger partial charge in [-0.05, 0) is 24.3 Å². The SMILES string of the molecule is O=C(Nc1ccc(O)cc1Cl)c1cc(F)c(F)c(F)c1. The molecule has 0 unspecified atom stereocenters. The zero-order valence-electron chi connectivity index (χ0n) is 9.75. The summed E-state index contributed by atoms with van der Waals surface area (Å²) < 4.78 is 38.8. The van der Waals surface area contributed by atoms with Crippen molar-refractivity contribution in [3.05, 3.63) is 58.4 Å². The van der Waals surface area contributed by atoms with Gasteiger partial charge in [-0.15, -0.1) is 0 Å². The van der Waals surface area contributed by atoms with Gasteiger partial charge in [-0.25, -0.2) is 13.2 Å². The van der Waals surface area contributed by atoms with Gasteiger partial charge in [0.1, 0.15) is 5.75 Å². The average Bonchev–Trinajstić information content (AvgIpc) is 2.38. The lowest BCUT2D eigenvalue weighted by molar-refractivity contribution is 0.102. The lowest BCUT2D eigenvalue weighted by Gasteiger charge is -2.08. The van der Waals surface area contributed by atoms with E-state index in [9.17, 15) is 18.0 Å². The molecule has 3 nitrogen and oxygen atoms in total. The van der Waals surface area contributed by atoms with Gasteiger partial charge in [0.15, 0.2) is 17.5 Å². The summed E-state index contributed by atoms with van der Waals surface area (Å²) >= 11 is 5.77. The second-order valence-corrected chi connectivity index (χ2v) is 4.28. The Labute approximate surface area is 116 Å². The number of anilines is 1. The van der Waals surface area contributed by atoms with Gasteiger partial charge in [0.2, 0.25) is 0 Å². The zero-order valence-corrected chi connectivity index (χ0v) is 10.5. The number of hydrogen-bond acceptors (Lipinski definition) is 2. The number of hydrogen-bond donors (Lipinski definition) is 2. The van der Waals surface area contributed by atoms with Gasteiger partial charge < -0.3 is 10.4 Å². The summed E-state index contributed by atoms with van der Waals surface area (Å²) in [5, 5.41) is 11.5. The molecule has 0 aliphatic rings. The van der Waals surface area contributed by atoms with E-state index < -0.39 is 28.9 Å². The van der Waals surface area contributed by atoms with Crippen molar-refractivity contribution in [2.45, 2.75) is 0 Å². The molecular weight excluding hydrogens is 295 g/mol. The van der Waals surface area contributed by atoms with E-state index in [-0.39, 0.29) is 16.5 Å². The van der Waals surface area contributed by atoms with Gasteiger partial charge in [0, 0.05) is 11.6 Å². The van der Waals surface area contributed by atoms with E-state index >= 15 is 0 Å². The van der Waals surface area contributed by atoms with E-state index in [1.165, 1.54) is 18.2 Å². The van der Waals surface area contributed by atoms with Crippen molar-refractivity contribution in [2.24, 2.45) is 0 Å². The maximum absolute atomic E-state index is 13.0. The number of aromatic hydroxyl groups is 1. The first-order chi connectivity index (χ1) is 9.38. The molecule has 0 aliphatic carbocycles. The quantitative estimate of drug-likeness (QED) is 0.656. The fourth-order valence-electron chi connectivity index (χ4n) is 1.49. The molecule has 1 amide bonds. The first kappa shape index (κ1) is 14.2. The van der Waals surface area contributed by atoms with Crippen molar-refractivity contribution < 1.29 is 23.1 Å². The van der Waals surface area contributed by atoms with Gasteiger partial charge in [-0.3, -0.25) is 4.79 Å². The predicted molar refractivity (Wildman–Crippen MR) is 67.4 cm³/mol. The minimum Gasteiger partial charge on any atom is -0.508 e. The molecule has 0 spiro atoms. The van der Waals surface area contributed by atoms with Crippen LogP contribution in [-0.2, 0) is 0 Å². The zero-order chi connectivity index (χ0) is 14.9. The van der Waals surface area contributed by atoms with Crippen LogP contribution in [0.3, 0.4) is 0 Å². The minimum absolute atomic E-state index is 0.0430. The number of nitrogens with one attached hydrogen (secondary N) is 1. The monoisotopic (exact) mass is 301 g/mol. The average molecular weight is 302 g/mol. The van der Waals surface area contributed by atoms with Gasteiger partial charge >= 0.3 is 0 Å². The van der Waals surface area contributed by atoms with E-state index in [0.29, 0.717) is 12.1 Å². The Morgan fingerprint density at radius 3 is 2.25 bits per heavy atom. The third kappa shape index (κ3) is 2.85.